The Bertz CT molecular complexity index is 195. The Morgan fingerprint density at radius 2 is 1.40 bits per heavy atom. The SMILES string of the molecule is CCOCCN(CCNCCC(C)(C)C)CCOCC. The van der Waals surface area contributed by atoms with Crippen LogP contribution in [0.25, 0.3) is 0 Å². The van der Waals surface area contributed by atoms with E-state index in [4.69, 9.17) is 9.47 Å². The third-order valence-electron chi connectivity index (χ3n) is 3.17. The second-order valence-corrected chi connectivity index (χ2v) is 6.30. The number of hydrogen-bond acceptors (Lipinski definition) is 4. The Hall–Kier alpha value is -0.160. The molecule has 0 aliphatic carbocycles. The van der Waals surface area contributed by atoms with Crippen LogP contribution < -0.4 is 5.32 Å². The lowest BCUT2D eigenvalue weighted by molar-refractivity contribution is 0.0832. The largest absolute Gasteiger partial charge is 0.380 e. The Labute approximate surface area is 126 Å². The molecule has 0 aromatic carbocycles. The molecule has 0 aliphatic rings. The van der Waals surface area contributed by atoms with E-state index in [0.717, 1.165) is 59.2 Å². The molecule has 0 unspecified atom stereocenters. The van der Waals surface area contributed by atoms with Gasteiger partial charge in [0.15, 0.2) is 0 Å². The van der Waals surface area contributed by atoms with Crippen LogP contribution in [0.2, 0.25) is 0 Å². The predicted octanol–water partition coefficient (Wildman–Crippen LogP) is 2.39. The molecule has 0 atom stereocenters. The zero-order chi connectivity index (χ0) is 15.3. The average Bonchev–Trinajstić information content (AvgIpc) is 2.37. The van der Waals surface area contributed by atoms with Gasteiger partial charge in [-0.25, -0.2) is 0 Å². The smallest absolute Gasteiger partial charge is 0.0593 e. The lowest BCUT2D eigenvalue weighted by Crippen LogP contribution is -2.37. The van der Waals surface area contributed by atoms with Crippen LogP contribution in [0.15, 0.2) is 0 Å². The summed E-state index contributed by atoms with van der Waals surface area (Å²) in [6, 6.07) is 0. The van der Waals surface area contributed by atoms with Gasteiger partial charge in [0.1, 0.15) is 0 Å². The quantitative estimate of drug-likeness (QED) is 0.528. The van der Waals surface area contributed by atoms with Crippen LogP contribution in [-0.2, 0) is 9.47 Å². The molecular formula is C16H36N2O2. The Kier molecular flexibility index (Phi) is 12.5. The lowest BCUT2D eigenvalue weighted by atomic mass is 9.92. The van der Waals surface area contributed by atoms with Crippen LogP contribution >= 0.6 is 0 Å². The molecule has 0 aromatic heterocycles. The summed E-state index contributed by atoms with van der Waals surface area (Å²) in [5.74, 6) is 0. The molecule has 0 amide bonds. The van der Waals surface area contributed by atoms with E-state index in [-0.39, 0.29) is 0 Å². The number of nitrogens with one attached hydrogen (secondary N) is 1. The molecule has 0 saturated carbocycles. The van der Waals surface area contributed by atoms with Crippen molar-refractivity contribution < 1.29 is 9.47 Å². The molecule has 0 fully saturated rings. The first-order valence-electron chi connectivity index (χ1n) is 8.08. The van der Waals surface area contributed by atoms with Crippen LogP contribution in [-0.4, -0.2) is 64.1 Å². The van der Waals surface area contributed by atoms with Crippen LogP contribution in [0.4, 0.5) is 0 Å². The summed E-state index contributed by atoms with van der Waals surface area (Å²) < 4.78 is 10.9. The van der Waals surface area contributed by atoms with Crippen LogP contribution in [0, 0.1) is 5.41 Å². The summed E-state index contributed by atoms with van der Waals surface area (Å²) in [5, 5.41) is 3.53. The number of ether oxygens (including phenoxy) is 2. The van der Waals surface area contributed by atoms with Crippen LogP contribution in [0.5, 0.6) is 0 Å². The number of hydrogen-bond donors (Lipinski definition) is 1. The van der Waals surface area contributed by atoms with Gasteiger partial charge >= 0.3 is 0 Å². The molecular weight excluding hydrogens is 252 g/mol. The Morgan fingerprint density at radius 3 is 1.85 bits per heavy atom. The topological polar surface area (TPSA) is 33.7 Å². The van der Waals surface area contributed by atoms with Crippen molar-refractivity contribution in [2.24, 2.45) is 5.41 Å². The molecule has 1 N–H and O–H groups in total. The van der Waals surface area contributed by atoms with Crippen molar-refractivity contribution in [3.05, 3.63) is 0 Å². The molecule has 122 valence electrons. The molecule has 0 aromatic rings. The first-order chi connectivity index (χ1) is 9.49. The van der Waals surface area contributed by atoms with Crippen molar-refractivity contribution >= 4 is 0 Å². The molecule has 4 nitrogen and oxygen atoms in total. The maximum Gasteiger partial charge on any atom is 0.0593 e. The van der Waals surface area contributed by atoms with Crippen molar-refractivity contribution in [3.63, 3.8) is 0 Å². The summed E-state index contributed by atoms with van der Waals surface area (Å²) in [6.45, 7) is 19.3. The molecule has 0 heterocycles. The van der Waals surface area contributed by atoms with Gasteiger partial charge in [-0.2, -0.15) is 0 Å². The van der Waals surface area contributed by atoms with Gasteiger partial charge in [-0.1, -0.05) is 20.8 Å². The normalized spacial score (nSPS) is 12.3. The maximum atomic E-state index is 5.44. The Balaban J connectivity index is 3.72. The van der Waals surface area contributed by atoms with E-state index in [1.807, 2.05) is 13.8 Å². The maximum absolute atomic E-state index is 5.44. The van der Waals surface area contributed by atoms with Crippen molar-refractivity contribution in [2.75, 3.05) is 59.2 Å². The monoisotopic (exact) mass is 288 g/mol. The molecule has 0 bridgehead atoms. The van der Waals surface area contributed by atoms with Crippen LogP contribution in [0.1, 0.15) is 41.0 Å². The van der Waals surface area contributed by atoms with Gasteiger partial charge in [0.2, 0.25) is 0 Å². The average molecular weight is 288 g/mol. The molecule has 20 heavy (non-hydrogen) atoms. The van der Waals surface area contributed by atoms with E-state index in [1.54, 1.807) is 0 Å². The summed E-state index contributed by atoms with van der Waals surface area (Å²) in [5.41, 5.74) is 0.413. The summed E-state index contributed by atoms with van der Waals surface area (Å²) in [4.78, 5) is 2.41. The number of nitrogens with zero attached hydrogens (tertiary/aromatic N) is 1. The van der Waals surface area contributed by atoms with Crippen molar-refractivity contribution in [2.45, 2.75) is 41.0 Å². The van der Waals surface area contributed by atoms with E-state index in [0.29, 0.717) is 5.41 Å². The fourth-order valence-corrected chi connectivity index (χ4v) is 1.84. The standard InChI is InChI=1S/C16H36N2O2/c1-6-19-14-12-18(13-15-20-7-2)11-10-17-9-8-16(3,4)5/h17H,6-15H2,1-5H3. The second kappa shape index (κ2) is 12.6. The van der Waals surface area contributed by atoms with Gasteiger partial charge in [0.25, 0.3) is 0 Å². The fraction of sp³-hybridized carbons (Fsp3) is 1.00. The van der Waals surface area contributed by atoms with E-state index < -0.39 is 0 Å². The number of rotatable bonds is 13. The minimum absolute atomic E-state index is 0.413. The van der Waals surface area contributed by atoms with Gasteiger partial charge in [-0.15, -0.1) is 0 Å². The zero-order valence-electron chi connectivity index (χ0n) is 14.3. The summed E-state index contributed by atoms with van der Waals surface area (Å²) in [6.07, 6.45) is 1.21. The first kappa shape index (κ1) is 19.8. The highest BCUT2D eigenvalue weighted by Crippen LogP contribution is 2.16. The van der Waals surface area contributed by atoms with Gasteiger partial charge in [0.05, 0.1) is 13.2 Å². The van der Waals surface area contributed by atoms with Gasteiger partial charge < -0.3 is 14.8 Å². The van der Waals surface area contributed by atoms with E-state index in [2.05, 4.69) is 31.0 Å². The van der Waals surface area contributed by atoms with E-state index >= 15 is 0 Å². The molecule has 0 rings (SSSR count). The molecule has 0 saturated heterocycles. The van der Waals surface area contributed by atoms with Crippen LogP contribution in [0.3, 0.4) is 0 Å². The Morgan fingerprint density at radius 1 is 0.850 bits per heavy atom. The van der Waals surface area contributed by atoms with Gasteiger partial charge in [0, 0.05) is 39.4 Å². The van der Waals surface area contributed by atoms with E-state index in [9.17, 15) is 0 Å². The predicted molar refractivity (Wildman–Crippen MR) is 86.4 cm³/mol. The summed E-state index contributed by atoms with van der Waals surface area (Å²) in [7, 11) is 0. The minimum atomic E-state index is 0.413. The highest BCUT2D eigenvalue weighted by Gasteiger charge is 2.09. The molecule has 0 radical (unpaired) electrons. The van der Waals surface area contributed by atoms with Crippen molar-refractivity contribution in [3.8, 4) is 0 Å². The van der Waals surface area contributed by atoms with Crippen molar-refractivity contribution in [1.29, 1.82) is 0 Å². The van der Waals surface area contributed by atoms with Crippen molar-refractivity contribution in [1.82, 2.24) is 10.2 Å². The molecule has 0 spiro atoms. The van der Waals surface area contributed by atoms with E-state index in [1.165, 1.54) is 6.42 Å². The highest BCUT2D eigenvalue weighted by atomic mass is 16.5. The second-order valence-electron chi connectivity index (χ2n) is 6.30. The highest BCUT2D eigenvalue weighted by molar-refractivity contribution is 4.65. The third-order valence-corrected chi connectivity index (χ3v) is 3.17. The summed E-state index contributed by atoms with van der Waals surface area (Å²) >= 11 is 0. The lowest BCUT2D eigenvalue weighted by Gasteiger charge is -2.23. The zero-order valence-corrected chi connectivity index (χ0v) is 14.3. The van der Waals surface area contributed by atoms with Gasteiger partial charge in [-0.3, -0.25) is 4.90 Å². The van der Waals surface area contributed by atoms with Gasteiger partial charge in [-0.05, 0) is 32.2 Å². The minimum Gasteiger partial charge on any atom is -0.380 e. The first-order valence-corrected chi connectivity index (χ1v) is 8.08. The molecule has 0 aliphatic heterocycles. The fourth-order valence-electron chi connectivity index (χ4n) is 1.84. The molecule has 4 heteroatoms. The third kappa shape index (κ3) is 14.3.